The Morgan fingerprint density at radius 2 is 1.91 bits per heavy atom. The number of benzene rings is 1. The highest BCUT2D eigenvalue weighted by atomic mass is 16.5. The van der Waals surface area contributed by atoms with E-state index < -0.39 is 0 Å². The van der Waals surface area contributed by atoms with E-state index in [1.165, 1.54) is 0 Å². The number of aromatic nitrogens is 5. The van der Waals surface area contributed by atoms with Crippen molar-refractivity contribution < 1.29 is 4.74 Å². The first-order chi connectivity index (χ1) is 11.1. The number of aryl methyl sites for hydroxylation is 3. The third-order valence-electron chi connectivity index (χ3n) is 3.64. The fraction of sp³-hybridized carbons (Fsp3) is 0.312. The summed E-state index contributed by atoms with van der Waals surface area (Å²) in [5.41, 5.74) is 1.99. The molecule has 3 rings (SSSR count). The Balaban J connectivity index is 1.72. The Labute approximate surface area is 134 Å². The topological polar surface area (TPSA) is 69.8 Å². The van der Waals surface area contributed by atoms with Gasteiger partial charge in [0.1, 0.15) is 17.9 Å². The van der Waals surface area contributed by atoms with E-state index in [0.29, 0.717) is 13.1 Å². The maximum Gasteiger partial charge on any atom is 0.222 e. The molecule has 2 aromatic heterocycles. The summed E-state index contributed by atoms with van der Waals surface area (Å²) in [5.74, 6) is 2.43. The minimum absolute atomic E-state index is 0.635. The normalized spacial score (nSPS) is 10.9. The van der Waals surface area contributed by atoms with Crippen molar-refractivity contribution in [3.05, 3.63) is 53.7 Å². The molecule has 0 aliphatic rings. The molecule has 0 atom stereocenters. The molecule has 1 N–H and O–H groups in total. The highest BCUT2D eigenvalue weighted by Gasteiger charge is 2.15. The SMILES string of the molecule is Cc1nn(C)c(Oc2ccccc2)c1CNCc1nncn1C. The van der Waals surface area contributed by atoms with Crippen LogP contribution < -0.4 is 10.1 Å². The molecule has 0 aliphatic heterocycles. The van der Waals surface area contributed by atoms with E-state index in [9.17, 15) is 0 Å². The van der Waals surface area contributed by atoms with Gasteiger partial charge in [-0.15, -0.1) is 10.2 Å². The van der Waals surface area contributed by atoms with Gasteiger partial charge in [-0.25, -0.2) is 4.68 Å². The number of rotatable bonds is 6. The Bertz CT molecular complexity index is 777. The van der Waals surface area contributed by atoms with Gasteiger partial charge in [-0.05, 0) is 19.1 Å². The van der Waals surface area contributed by atoms with E-state index >= 15 is 0 Å². The summed E-state index contributed by atoms with van der Waals surface area (Å²) in [7, 11) is 3.81. The first-order valence-electron chi connectivity index (χ1n) is 7.44. The second kappa shape index (κ2) is 6.62. The van der Waals surface area contributed by atoms with Crippen LogP contribution in [0.3, 0.4) is 0 Å². The van der Waals surface area contributed by atoms with Crippen LogP contribution in [0, 0.1) is 6.92 Å². The molecule has 1 aromatic carbocycles. The van der Waals surface area contributed by atoms with E-state index in [0.717, 1.165) is 28.7 Å². The third-order valence-corrected chi connectivity index (χ3v) is 3.64. The van der Waals surface area contributed by atoms with Crippen LogP contribution in [-0.2, 0) is 27.2 Å². The van der Waals surface area contributed by atoms with Crippen molar-refractivity contribution in [2.75, 3.05) is 0 Å². The van der Waals surface area contributed by atoms with Crippen LogP contribution >= 0.6 is 0 Å². The van der Waals surface area contributed by atoms with Crippen molar-refractivity contribution in [1.29, 1.82) is 0 Å². The molecule has 0 saturated carbocycles. The second-order valence-corrected chi connectivity index (χ2v) is 5.37. The van der Waals surface area contributed by atoms with Crippen LogP contribution in [0.25, 0.3) is 0 Å². The van der Waals surface area contributed by atoms with Gasteiger partial charge in [0, 0.05) is 20.6 Å². The molecule has 3 aromatic rings. The van der Waals surface area contributed by atoms with Crippen molar-refractivity contribution in [2.24, 2.45) is 14.1 Å². The summed E-state index contributed by atoms with van der Waals surface area (Å²) in [6, 6.07) is 9.72. The molecule has 7 nitrogen and oxygen atoms in total. The van der Waals surface area contributed by atoms with Crippen molar-refractivity contribution in [3.8, 4) is 11.6 Å². The zero-order valence-corrected chi connectivity index (χ0v) is 13.5. The van der Waals surface area contributed by atoms with Crippen molar-refractivity contribution in [1.82, 2.24) is 29.9 Å². The molecule has 0 aliphatic carbocycles. The summed E-state index contributed by atoms with van der Waals surface area (Å²) in [4.78, 5) is 0. The molecule has 0 fully saturated rings. The Morgan fingerprint density at radius 3 is 2.61 bits per heavy atom. The lowest BCUT2D eigenvalue weighted by Crippen LogP contribution is -2.16. The fourth-order valence-electron chi connectivity index (χ4n) is 2.38. The van der Waals surface area contributed by atoms with Crippen LogP contribution in [0.5, 0.6) is 11.6 Å². The largest absolute Gasteiger partial charge is 0.439 e. The number of hydrogen-bond acceptors (Lipinski definition) is 5. The van der Waals surface area contributed by atoms with Crippen LogP contribution in [0.1, 0.15) is 17.1 Å². The molecule has 7 heteroatoms. The maximum absolute atomic E-state index is 6.00. The van der Waals surface area contributed by atoms with Gasteiger partial charge in [-0.2, -0.15) is 5.10 Å². The van der Waals surface area contributed by atoms with Gasteiger partial charge >= 0.3 is 0 Å². The highest BCUT2D eigenvalue weighted by molar-refractivity contribution is 5.35. The second-order valence-electron chi connectivity index (χ2n) is 5.37. The van der Waals surface area contributed by atoms with Crippen LogP contribution in [0.4, 0.5) is 0 Å². The smallest absolute Gasteiger partial charge is 0.222 e. The summed E-state index contributed by atoms with van der Waals surface area (Å²) < 4.78 is 9.66. The van der Waals surface area contributed by atoms with Crippen molar-refractivity contribution in [2.45, 2.75) is 20.0 Å². The van der Waals surface area contributed by atoms with E-state index in [-0.39, 0.29) is 0 Å². The fourth-order valence-corrected chi connectivity index (χ4v) is 2.38. The molecule has 0 bridgehead atoms. The van der Waals surface area contributed by atoms with Gasteiger partial charge in [0.15, 0.2) is 0 Å². The van der Waals surface area contributed by atoms with E-state index in [4.69, 9.17) is 4.74 Å². The van der Waals surface area contributed by atoms with Crippen LogP contribution in [0.15, 0.2) is 36.7 Å². The summed E-state index contributed by atoms with van der Waals surface area (Å²) in [5, 5.41) is 15.8. The molecule has 23 heavy (non-hydrogen) atoms. The minimum atomic E-state index is 0.635. The van der Waals surface area contributed by atoms with Gasteiger partial charge < -0.3 is 14.6 Å². The quantitative estimate of drug-likeness (QED) is 0.753. The van der Waals surface area contributed by atoms with Crippen molar-refractivity contribution in [3.63, 3.8) is 0 Å². The van der Waals surface area contributed by atoms with Crippen molar-refractivity contribution >= 4 is 0 Å². The van der Waals surface area contributed by atoms with E-state index in [1.807, 2.05) is 55.9 Å². The zero-order chi connectivity index (χ0) is 16.2. The lowest BCUT2D eigenvalue weighted by molar-refractivity contribution is 0.423. The first kappa shape index (κ1) is 15.2. The highest BCUT2D eigenvalue weighted by Crippen LogP contribution is 2.26. The molecule has 120 valence electrons. The van der Waals surface area contributed by atoms with Gasteiger partial charge in [0.2, 0.25) is 5.88 Å². The average Bonchev–Trinajstić information content (AvgIpc) is 3.06. The Kier molecular flexibility index (Phi) is 4.38. The van der Waals surface area contributed by atoms with E-state index in [2.05, 4.69) is 20.6 Å². The molecule has 0 unspecified atom stereocenters. The third kappa shape index (κ3) is 3.40. The maximum atomic E-state index is 6.00. The number of hydrogen-bond donors (Lipinski definition) is 1. The summed E-state index contributed by atoms with van der Waals surface area (Å²) in [6.07, 6.45) is 1.69. The monoisotopic (exact) mass is 312 g/mol. The first-order valence-corrected chi connectivity index (χ1v) is 7.44. The van der Waals surface area contributed by atoms with Crippen LogP contribution in [-0.4, -0.2) is 24.5 Å². The number of nitrogens with zero attached hydrogens (tertiary/aromatic N) is 5. The minimum Gasteiger partial charge on any atom is -0.439 e. The Morgan fingerprint density at radius 1 is 1.13 bits per heavy atom. The molecule has 0 radical (unpaired) electrons. The van der Waals surface area contributed by atoms with E-state index in [1.54, 1.807) is 11.0 Å². The molecule has 0 spiro atoms. The Hall–Kier alpha value is -2.67. The average molecular weight is 312 g/mol. The van der Waals surface area contributed by atoms with Gasteiger partial charge in [0.25, 0.3) is 0 Å². The van der Waals surface area contributed by atoms with Gasteiger partial charge in [-0.3, -0.25) is 0 Å². The molecule has 0 amide bonds. The number of ether oxygens (including phenoxy) is 1. The zero-order valence-electron chi connectivity index (χ0n) is 13.5. The molecular formula is C16H20N6O. The summed E-state index contributed by atoms with van der Waals surface area (Å²) in [6.45, 7) is 3.27. The molecule has 2 heterocycles. The molecular weight excluding hydrogens is 292 g/mol. The standard InChI is InChI=1S/C16H20N6O/c1-12-14(9-17-10-15-19-18-11-21(15)2)16(22(3)20-12)23-13-7-5-4-6-8-13/h4-8,11,17H,9-10H2,1-3H3. The lowest BCUT2D eigenvalue weighted by Gasteiger charge is -2.09. The predicted octanol–water partition coefficient (Wildman–Crippen LogP) is 1.94. The predicted molar refractivity (Wildman–Crippen MR) is 86.0 cm³/mol. The van der Waals surface area contributed by atoms with Crippen LogP contribution in [0.2, 0.25) is 0 Å². The number of para-hydroxylation sites is 1. The van der Waals surface area contributed by atoms with Gasteiger partial charge in [0.05, 0.1) is 17.8 Å². The number of nitrogens with one attached hydrogen (secondary N) is 1. The van der Waals surface area contributed by atoms with Gasteiger partial charge in [-0.1, -0.05) is 18.2 Å². The summed E-state index contributed by atoms with van der Waals surface area (Å²) >= 11 is 0. The lowest BCUT2D eigenvalue weighted by atomic mass is 10.2. The molecule has 0 saturated heterocycles.